The first-order valence-electron chi connectivity index (χ1n) is 39.6. The SMILES string of the molecule is c1ccc(-c2ccc(N3c4cc(-c5nc(-c6cc(-c7ccccc7)cc(-c7ccccc7)c6)nc(-c6cc(-c7ccccc7)cc(-c7ccccc7)c6)n5)cc5c4B(c4c3cc3c6cccc7cccc(c8cccc4c83)c76)c3c(cc4c6cccc7cccc(c8cccc3c84)c76)N5c3ccc(-c4ccccc4)cc3)cc2)cc1. The third-order valence-corrected chi connectivity index (χ3v) is 24.5. The molecule has 24 rings (SSSR count). The number of hydrogen-bond acceptors (Lipinski definition) is 5. The lowest BCUT2D eigenvalue weighted by Gasteiger charge is -2.45. The summed E-state index contributed by atoms with van der Waals surface area (Å²) in [6, 6.07) is 148. The van der Waals surface area contributed by atoms with Crippen molar-refractivity contribution >= 4 is 143 Å². The molecule has 0 bridgehead atoms. The van der Waals surface area contributed by atoms with Crippen molar-refractivity contribution in [1.82, 2.24) is 15.0 Å². The number of aromatic nitrogens is 3. The summed E-state index contributed by atoms with van der Waals surface area (Å²) >= 11 is 0. The predicted octanol–water partition coefficient (Wildman–Crippen LogP) is 27.1. The van der Waals surface area contributed by atoms with E-state index in [1.165, 1.54) is 103 Å². The predicted molar refractivity (Wildman–Crippen MR) is 485 cm³/mol. The van der Waals surface area contributed by atoms with Gasteiger partial charge in [0, 0.05) is 50.8 Å². The van der Waals surface area contributed by atoms with Crippen LogP contribution in [0, 0.1) is 0 Å². The van der Waals surface area contributed by atoms with Gasteiger partial charge in [0.05, 0.1) is 0 Å². The van der Waals surface area contributed by atoms with Gasteiger partial charge < -0.3 is 9.80 Å². The first-order valence-corrected chi connectivity index (χ1v) is 39.6. The second-order valence-electron chi connectivity index (χ2n) is 30.8. The first-order chi connectivity index (χ1) is 57.0. The van der Waals surface area contributed by atoms with E-state index < -0.39 is 0 Å². The zero-order valence-electron chi connectivity index (χ0n) is 62.4. The highest BCUT2D eigenvalue weighted by Crippen LogP contribution is 2.53. The molecular formula is C109H66BN5. The Morgan fingerprint density at radius 2 is 0.409 bits per heavy atom. The van der Waals surface area contributed by atoms with Crippen molar-refractivity contribution in [2.24, 2.45) is 0 Å². The molecule has 3 heterocycles. The van der Waals surface area contributed by atoms with Crippen molar-refractivity contribution in [2.45, 2.75) is 0 Å². The van der Waals surface area contributed by atoms with Gasteiger partial charge in [-0.2, -0.15) is 0 Å². The molecule has 0 saturated carbocycles. The first kappa shape index (κ1) is 64.7. The standard InChI is InChI=1S/C109H66BN5/c1-7-25-67(26-8-1)73-49-53-84(54-50-73)114-96-63-83(109-112-107(81-59-77(69-29-11-3-12-30-69)57-78(60-81)70-31-13-4-14-32-70)111-108(113-109)82-61-79(71-33-15-5-16-34-71)58-80(62-82)72-35-17-6-18-36-72)64-97-106(96)110(104-92-47-23-45-88-86-41-19-37-75-39-21-43-90(100(75)86)94(102(88)92)65-98(104)114)105-93-48-24-46-89-87-42-20-38-76-40-22-44-91(101(76)87)95(103(89)93)66-99(105)115(97)85-55-51-74(52-56-85)68-27-9-2-10-28-68/h1-66H. The summed E-state index contributed by atoms with van der Waals surface area (Å²) in [6.45, 7) is -0.336. The Morgan fingerprint density at radius 3 is 0.730 bits per heavy atom. The van der Waals surface area contributed by atoms with Gasteiger partial charge in [-0.3, -0.25) is 0 Å². The van der Waals surface area contributed by atoms with Crippen molar-refractivity contribution in [1.29, 1.82) is 0 Å². The van der Waals surface area contributed by atoms with E-state index in [2.05, 4.69) is 410 Å². The highest BCUT2D eigenvalue weighted by molar-refractivity contribution is 7.03. The third kappa shape index (κ3) is 10.3. The van der Waals surface area contributed by atoms with Gasteiger partial charge in [0.1, 0.15) is 0 Å². The molecule has 0 unspecified atom stereocenters. The summed E-state index contributed by atoms with van der Waals surface area (Å²) in [6.07, 6.45) is 0. The molecule has 22 aromatic rings. The number of fused-ring (bicyclic) bond motifs is 10. The van der Waals surface area contributed by atoms with Crippen LogP contribution in [0.3, 0.4) is 0 Å². The lowest BCUT2D eigenvalue weighted by Crippen LogP contribution is -2.61. The Morgan fingerprint density at radius 1 is 0.165 bits per heavy atom. The van der Waals surface area contributed by atoms with Crippen LogP contribution in [0.25, 0.3) is 187 Å². The van der Waals surface area contributed by atoms with Gasteiger partial charge in [-0.05, 0) is 254 Å². The van der Waals surface area contributed by atoms with Crippen molar-refractivity contribution < 1.29 is 0 Å². The van der Waals surface area contributed by atoms with Gasteiger partial charge in [0.15, 0.2) is 17.5 Å². The molecule has 21 aromatic carbocycles. The Kier molecular flexibility index (Phi) is 14.5. The van der Waals surface area contributed by atoms with Crippen LogP contribution in [0.1, 0.15) is 0 Å². The average molecular weight is 1460 g/mol. The molecule has 0 amide bonds. The van der Waals surface area contributed by atoms with Crippen LogP contribution < -0.4 is 26.2 Å². The molecule has 2 aliphatic heterocycles. The van der Waals surface area contributed by atoms with E-state index in [9.17, 15) is 0 Å². The molecule has 0 radical (unpaired) electrons. The average Bonchev–Trinajstić information content (AvgIpc) is 0.670. The molecule has 0 aliphatic carbocycles. The number of benzene rings is 21. The molecule has 0 spiro atoms. The Bertz CT molecular complexity index is 7100. The number of nitrogens with zero attached hydrogens (tertiary/aromatic N) is 5. The molecule has 0 atom stereocenters. The maximum absolute atomic E-state index is 5.96. The van der Waals surface area contributed by atoms with Gasteiger partial charge in [-0.25, -0.2) is 15.0 Å². The monoisotopic (exact) mass is 1460 g/mol. The quantitative estimate of drug-likeness (QED) is 0.0734. The van der Waals surface area contributed by atoms with E-state index in [1.807, 2.05) is 0 Å². The molecule has 0 fully saturated rings. The van der Waals surface area contributed by atoms with Crippen LogP contribution >= 0.6 is 0 Å². The summed E-state index contributed by atoms with van der Waals surface area (Å²) in [7, 11) is 0. The van der Waals surface area contributed by atoms with E-state index in [4.69, 9.17) is 15.0 Å². The molecule has 0 N–H and O–H groups in total. The van der Waals surface area contributed by atoms with Crippen LogP contribution in [0.2, 0.25) is 0 Å². The normalized spacial score (nSPS) is 12.5. The molecule has 115 heavy (non-hydrogen) atoms. The van der Waals surface area contributed by atoms with Crippen molar-refractivity contribution in [3.05, 3.63) is 400 Å². The van der Waals surface area contributed by atoms with E-state index in [0.29, 0.717) is 17.5 Å². The molecule has 5 nitrogen and oxygen atoms in total. The van der Waals surface area contributed by atoms with Crippen LogP contribution in [0.5, 0.6) is 0 Å². The van der Waals surface area contributed by atoms with Gasteiger partial charge in [-0.15, -0.1) is 0 Å². The maximum atomic E-state index is 5.96. The number of rotatable bonds is 11. The Labute approximate surface area is 665 Å². The maximum Gasteiger partial charge on any atom is 0.253 e. The molecule has 530 valence electrons. The van der Waals surface area contributed by atoms with Crippen molar-refractivity contribution in [3.63, 3.8) is 0 Å². The smallest absolute Gasteiger partial charge is 0.253 e. The second-order valence-corrected chi connectivity index (χ2v) is 30.8. The molecule has 0 saturated heterocycles. The minimum absolute atomic E-state index is 0.336. The molecule has 6 heteroatoms. The summed E-state index contributed by atoms with van der Waals surface area (Å²) in [5, 5.41) is 19.9. The second kappa shape index (κ2) is 25.7. The lowest BCUT2D eigenvalue weighted by atomic mass is 9.32. The summed E-state index contributed by atoms with van der Waals surface area (Å²) in [5.41, 5.74) is 25.7. The zero-order chi connectivity index (χ0) is 75.3. The van der Waals surface area contributed by atoms with Crippen LogP contribution in [0.4, 0.5) is 34.1 Å². The molecule has 1 aromatic heterocycles. The fraction of sp³-hybridized carbons (Fsp3) is 0. The van der Waals surface area contributed by atoms with Crippen LogP contribution in [-0.2, 0) is 0 Å². The number of anilines is 6. The summed E-state index contributed by atoms with van der Waals surface area (Å²) in [4.78, 5) is 22.9. The van der Waals surface area contributed by atoms with Gasteiger partial charge in [-0.1, -0.05) is 315 Å². The lowest BCUT2D eigenvalue weighted by molar-refractivity contribution is 1.07. The van der Waals surface area contributed by atoms with E-state index >= 15 is 0 Å². The third-order valence-electron chi connectivity index (χ3n) is 24.5. The Balaban J connectivity index is 0.861. The summed E-state index contributed by atoms with van der Waals surface area (Å²) < 4.78 is 0. The zero-order valence-corrected chi connectivity index (χ0v) is 62.4. The Hall–Kier alpha value is -15.1. The molecule has 2 aliphatic rings. The van der Waals surface area contributed by atoms with Crippen LogP contribution in [0.15, 0.2) is 400 Å². The van der Waals surface area contributed by atoms with E-state index in [0.717, 1.165) is 118 Å². The molecular weight excluding hydrogens is 1390 g/mol. The topological polar surface area (TPSA) is 45.2 Å². The van der Waals surface area contributed by atoms with Crippen LogP contribution in [-0.4, -0.2) is 21.7 Å². The van der Waals surface area contributed by atoms with Gasteiger partial charge >= 0.3 is 0 Å². The van der Waals surface area contributed by atoms with E-state index in [-0.39, 0.29) is 6.71 Å². The minimum atomic E-state index is -0.336. The van der Waals surface area contributed by atoms with Crippen molar-refractivity contribution in [3.8, 4) is 101 Å². The fourth-order valence-corrected chi connectivity index (χ4v) is 19.4. The fourth-order valence-electron chi connectivity index (χ4n) is 19.4. The highest BCUT2D eigenvalue weighted by Gasteiger charge is 2.47. The minimum Gasteiger partial charge on any atom is -0.311 e. The van der Waals surface area contributed by atoms with Gasteiger partial charge in [0.25, 0.3) is 6.71 Å². The summed E-state index contributed by atoms with van der Waals surface area (Å²) in [5.74, 6) is 1.64. The van der Waals surface area contributed by atoms with E-state index in [1.54, 1.807) is 0 Å². The van der Waals surface area contributed by atoms with Gasteiger partial charge in [0.2, 0.25) is 0 Å². The highest BCUT2D eigenvalue weighted by atomic mass is 15.2. The van der Waals surface area contributed by atoms with Crippen molar-refractivity contribution in [2.75, 3.05) is 9.80 Å². The largest absolute Gasteiger partial charge is 0.311 e. The number of hydrogen-bond donors (Lipinski definition) is 0.